The molecule has 5 heteroatoms. The second-order valence-electron chi connectivity index (χ2n) is 7.57. The van der Waals surface area contributed by atoms with E-state index in [1.165, 1.54) is 11.1 Å². The van der Waals surface area contributed by atoms with Crippen LogP contribution >= 0.6 is 0 Å². The molecule has 5 rings (SSSR count). The summed E-state index contributed by atoms with van der Waals surface area (Å²) in [5.74, 6) is 0.0131. The third-order valence-electron chi connectivity index (χ3n) is 5.55. The highest BCUT2D eigenvalue weighted by molar-refractivity contribution is 5.93. The lowest BCUT2D eigenvalue weighted by atomic mass is 10.00. The molecule has 0 spiro atoms. The normalized spacial score (nSPS) is 13.4. The lowest BCUT2D eigenvalue weighted by Gasteiger charge is -2.27. The highest BCUT2D eigenvalue weighted by Crippen LogP contribution is 2.25. The molecule has 0 radical (unpaired) electrons. The Hall–Kier alpha value is -3.99. The van der Waals surface area contributed by atoms with Crippen LogP contribution in [0.1, 0.15) is 16.7 Å². The summed E-state index contributed by atoms with van der Waals surface area (Å²) in [7, 11) is 0. The van der Waals surface area contributed by atoms with Crippen molar-refractivity contribution in [2.45, 2.75) is 13.0 Å². The van der Waals surface area contributed by atoms with Gasteiger partial charge in [-0.2, -0.15) is 5.10 Å². The van der Waals surface area contributed by atoms with Crippen LogP contribution in [-0.4, -0.2) is 32.1 Å². The molecule has 0 saturated heterocycles. The number of carbonyl (C=O) groups is 1. The molecule has 0 N–H and O–H groups in total. The van der Waals surface area contributed by atoms with E-state index in [1.807, 2.05) is 70.4 Å². The van der Waals surface area contributed by atoms with Gasteiger partial charge in [0.05, 0.1) is 5.69 Å². The Balaban J connectivity index is 1.43. The van der Waals surface area contributed by atoms with Crippen molar-refractivity contribution in [1.29, 1.82) is 0 Å². The van der Waals surface area contributed by atoms with E-state index in [-0.39, 0.29) is 5.91 Å². The first kappa shape index (κ1) is 19.0. The molecule has 1 aliphatic rings. The predicted octanol–water partition coefficient (Wildman–Crippen LogP) is 4.53. The largest absolute Gasteiger partial charge is 0.334 e. The maximum Gasteiger partial charge on any atom is 0.246 e. The number of benzene rings is 2. The molecule has 0 unspecified atom stereocenters. The van der Waals surface area contributed by atoms with E-state index in [9.17, 15) is 4.79 Å². The zero-order valence-electron chi connectivity index (χ0n) is 17.1. The molecular weight excluding hydrogens is 384 g/mol. The number of carbonyl (C=O) groups excluding carboxylic acids is 1. The van der Waals surface area contributed by atoms with Crippen LogP contribution in [0.15, 0.2) is 91.4 Å². The van der Waals surface area contributed by atoms with Gasteiger partial charge in [0.1, 0.15) is 5.69 Å². The van der Waals surface area contributed by atoms with Crippen LogP contribution in [0, 0.1) is 0 Å². The second kappa shape index (κ2) is 8.40. The predicted molar refractivity (Wildman–Crippen MR) is 121 cm³/mol. The van der Waals surface area contributed by atoms with Crippen LogP contribution in [0.2, 0.25) is 0 Å². The van der Waals surface area contributed by atoms with Crippen molar-refractivity contribution in [3.05, 3.63) is 108 Å². The number of aromatic nitrogens is 3. The van der Waals surface area contributed by atoms with Gasteiger partial charge in [-0.1, -0.05) is 42.5 Å². The minimum absolute atomic E-state index is 0.0131. The van der Waals surface area contributed by atoms with Gasteiger partial charge in [-0.05, 0) is 47.9 Å². The van der Waals surface area contributed by atoms with Gasteiger partial charge in [-0.3, -0.25) is 9.78 Å². The Kier molecular flexibility index (Phi) is 5.15. The van der Waals surface area contributed by atoms with Gasteiger partial charge in [0.2, 0.25) is 5.91 Å². The van der Waals surface area contributed by atoms with Gasteiger partial charge in [-0.15, -0.1) is 0 Å². The maximum atomic E-state index is 12.9. The number of hydrogen-bond acceptors (Lipinski definition) is 3. The molecule has 0 atom stereocenters. The summed E-state index contributed by atoms with van der Waals surface area (Å²) in [6, 6.07) is 22.1. The number of rotatable bonds is 4. The molecule has 0 saturated carbocycles. The van der Waals surface area contributed by atoms with E-state index < -0.39 is 0 Å². The minimum atomic E-state index is 0.0131. The molecule has 2 aromatic carbocycles. The van der Waals surface area contributed by atoms with Crippen molar-refractivity contribution in [1.82, 2.24) is 19.7 Å². The van der Waals surface area contributed by atoms with Crippen molar-refractivity contribution in [3.63, 3.8) is 0 Å². The Morgan fingerprint density at radius 3 is 2.55 bits per heavy atom. The Bertz CT molecular complexity index is 1230. The highest BCUT2D eigenvalue weighted by atomic mass is 16.2. The molecule has 0 aliphatic carbocycles. The molecule has 2 aromatic heterocycles. The third-order valence-corrected chi connectivity index (χ3v) is 5.55. The summed E-state index contributed by atoms with van der Waals surface area (Å²) in [4.78, 5) is 19.0. The molecule has 0 fully saturated rings. The first-order valence-corrected chi connectivity index (χ1v) is 10.4. The van der Waals surface area contributed by atoms with Gasteiger partial charge in [0, 0.05) is 48.9 Å². The van der Waals surface area contributed by atoms with E-state index in [0.29, 0.717) is 6.54 Å². The van der Waals surface area contributed by atoms with Gasteiger partial charge in [0.25, 0.3) is 0 Å². The number of amides is 1. The molecular formula is C26H22N4O. The number of nitrogens with zero attached hydrogens (tertiary/aromatic N) is 4. The smallest absolute Gasteiger partial charge is 0.246 e. The monoisotopic (exact) mass is 406 g/mol. The fraction of sp³-hybridized carbons (Fsp3) is 0.115. The van der Waals surface area contributed by atoms with E-state index in [2.05, 4.69) is 23.2 Å². The van der Waals surface area contributed by atoms with Crippen molar-refractivity contribution >= 4 is 12.0 Å². The van der Waals surface area contributed by atoms with Crippen LogP contribution in [0.3, 0.4) is 0 Å². The summed E-state index contributed by atoms with van der Waals surface area (Å²) in [5.41, 5.74) is 6.11. The van der Waals surface area contributed by atoms with Gasteiger partial charge < -0.3 is 4.90 Å². The maximum absolute atomic E-state index is 12.9. The van der Waals surface area contributed by atoms with Crippen molar-refractivity contribution in [2.75, 3.05) is 6.54 Å². The average molecular weight is 406 g/mol. The lowest BCUT2D eigenvalue weighted by Crippen LogP contribution is -2.34. The van der Waals surface area contributed by atoms with E-state index in [4.69, 9.17) is 5.10 Å². The Morgan fingerprint density at radius 1 is 0.935 bits per heavy atom. The Labute approximate surface area is 181 Å². The zero-order chi connectivity index (χ0) is 21.0. The summed E-state index contributed by atoms with van der Waals surface area (Å²) in [5, 5.41) is 4.77. The number of hydrogen-bond donors (Lipinski definition) is 0. The summed E-state index contributed by atoms with van der Waals surface area (Å²) in [6.45, 7) is 1.39. The summed E-state index contributed by atoms with van der Waals surface area (Å²) in [6.07, 6.45) is 9.89. The topological polar surface area (TPSA) is 51.0 Å². The average Bonchev–Trinajstić information content (AvgIpc) is 3.28. The quantitative estimate of drug-likeness (QED) is 0.468. The SMILES string of the molecule is O=C(/C=C/c1cn(-c2ccccc2)nc1-c1cccnc1)N1CCc2ccccc2C1. The standard InChI is InChI=1S/C26H22N4O/c31-25(29-16-14-20-7-4-5-8-22(20)18-29)13-12-23-19-30(24-10-2-1-3-11-24)28-26(23)21-9-6-15-27-17-21/h1-13,15,17,19H,14,16,18H2/b13-12+. The van der Waals surface area contributed by atoms with Gasteiger partial charge >= 0.3 is 0 Å². The van der Waals surface area contributed by atoms with Crippen LogP contribution in [0.5, 0.6) is 0 Å². The minimum Gasteiger partial charge on any atom is -0.334 e. The summed E-state index contributed by atoms with van der Waals surface area (Å²) >= 11 is 0. The van der Waals surface area contributed by atoms with Crippen LogP contribution < -0.4 is 0 Å². The number of para-hydroxylation sites is 1. The third kappa shape index (κ3) is 4.03. The number of pyridine rings is 1. The van der Waals surface area contributed by atoms with E-state index in [0.717, 1.165) is 35.5 Å². The van der Waals surface area contributed by atoms with Gasteiger partial charge in [-0.25, -0.2) is 4.68 Å². The molecule has 0 bridgehead atoms. The van der Waals surface area contributed by atoms with E-state index >= 15 is 0 Å². The summed E-state index contributed by atoms with van der Waals surface area (Å²) < 4.78 is 1.84. The fourth-order valence-electron chi connectivity index (χ4n) is 3.90. The molecule has 31 heavy (non-hydrogen) atoms. The van der Waals surface area contributed by atoms with Crippen molar-refractivity contribution in [2.24, 2.45) is 0 Å². The molecule has 1 aliphatic heterocycles. The van der Waals surface area contributed by atoms with Crippen molar-refractivity contribution in [3.8, 4) is 16.9 Å². The highest BCUT2D eigenvalue weighted by Gasteiger charge is 2.19. The van der Waals surface area contributed by atoms with Crippen LogP contribution in [0.25, 0.3) is 23.0 Å². The molecule has 152 valence electrons. The second-order valence-corrected chi connectivity index (χ2v) is 7.57. The first-order chi connectivity index (χ1) is 15.3. The molecule has 4 aromatic rings. The Morgan fingerprint density at radius 2 is 1.74 bits per heavy atom. The molecule has 3 heterocycles. The molecule has 5 nitrogen and oxygen atoms in total. The first-order valence-electron chi connectivity index (χ1n) is 10.4. The fourth-order valence-corrected chi connectivity index (χ4v) is 3.90. The number of fused-ring (bicyclic) bond motifs is 1. The van der Waals surface area contributed by atoms with E-state index in [1.54, 1.807) is 18.5 Å². The van der Waals surface area contributed by atoms with Crippen LogP contribution in [0.4, 0.5) is 0 Å². The van der Waals surface area contributed by atoms with Crippen molar-refractivity contribution < 1.29 is 4.79 Å². The molecule has 1 amide bonds. The van der Waals surface area contributed by atoms with Crippen LogP contribution in [-0.2, 0) is 17.8 Å². The zero-order valence-corrected chi connectivity index (χ0v) is 17.1. The van der Waals surface area contributed by atoms with Gasteiger partial charge in [0.15, 0.2) is 0 Å². The lowest BCUT2D eigenvalue weighted by molar-refractivity contribution is -0.126.